The maximum atomic E-state index is 13.5. The summed E-state index contributed by atoms with van der Waals surface area (Å²) >= 11 is 1.40. The Morgan fingerprint density at radius 2 is 2.06 bits per heavy atom. The van der Waals surface area contributed by atoms with Crippen molar-refractivity contribution >= 4 is 38.3 Å². The van der Waals surface area contributed by atoms with E-state index in [0.29, 0.717) is 49.3 Å². The van der Waals surface area contributed by atoms with Crippen LogP contribution in [0, 0.1) is 10.1 Å². The lowest BCUT2D eigenvalue weighted by atomic mass is 10.2. The molecule has 1 fully saturated rings. The summed E-state index contributed by atoms with van der Waals surface area (Å²) in [6.45, 7) is 6.41. The van der Waals surface area contributed by atoms with Gasteiger partial charge in [0.2, 0.25) is 0 Å². The van der Waals surface area contributed by atoms with Crippen LogP contribution in [0.3, 0.4) is 0 Å². The third-order valence-electron chi connectivity index (χ3n) is 5.19. The minimum absolute atomic E-state index is 0.119. The molecule has 2 aromatic carbocycles. The van der Waals surface area contributed by atoms with Crippen molar-refractivity contribution in [3.63, 3.8) is 0 Å². The summed E-state index contributed by atoms with van der Waals surface area (Å²) in [5, 5.41) is 11.7. The number of para-hydroxylation sites is 1. The fraction of sp³-hybridized carbons (Fsp3) is 0.364. The van der Waals surface area contributed by atoms with Gasteiger partial charge in [-0.25, -0.2) is 4.98 Å². The van der Waals surface area contributed by atoms with E-state index in [0.717, 1.165) is 17.8 Å². The lowest BCUT2D eigenvalue weighted by Gasteiger charge is -2.29. The van der Waals surface area contributed by atoms with Gasteiger partial charge in [-0.3, -0.25) is 24.7 Å². The number of morpholine rings is 1. The quantitative estimate of drug-likeness (QED) is 0.377. The van der Waals surface area contributed by atoms with Gasteiger partial charge in [0.15, 0.2) is 5.13 Å². The first kappa shape index (κ1) is 22.1. The monoisotopic (exact) mass is 456 g/mol. The number of benzene rings is 2. The van der Waals surface area contributed by atoms with Crippen LogP contribution in [0.4, 0.5) is 10.8 Å². The number of hydrogen-bond donors (Lipinski definition) is 0. The average Bonchev–Trinajstić information content (AvgIpc) is 3.25. The Hall–Kier alpha value is -3.08. The average molecular weight is 457 g/mol. The number of non-ortho nitro benzene ring substituents is 1. The van der Waals surface area contributed by atoms with E-state index in [4.69, 9.17) is 14.5 Å². The van der Waals surface area contributed by atoms with Gasteiger partial charge in [0.05, 0.1) is 29.4 Å². The van der Waals surface area contributed by atoms with Crippen molar-refractivity contribution in [2.45, 2.75) is 6.92 Å². The minimum Gasteiger partial charge on any atom is -0.492 e. The zero-order valence-corrected chi connectivity index (χ0v) is 18.5. The molecule has 0 spiro atoms. The summed E-state index contributed by atoms with van der Waals surface area (Å²) in [5.41, 5.74) is 0.843. The van der Waals surface area contributed by atoms with Crippen LogP contribution in [0.15, 0.2) is 42.5 Å². The van der Waals surface area contributed by atoms with Gasteiger partial charge in [0.1, 0.15) is 11.3 Å². The molecular formula is C22H24N4O5S. The fourth-order valence-electron chi connectivity index (χ4n) is 3.56. The summed E-state index contributed by atoms with van der Waals surface area (Å²) in [5.74, 6) is 0.349. The van der Waals surface area contributed by atoms with Gasteiger partial charge < -0.3 is 9.47 Å². The molecular weight excluding hydrogens is 432 g/mol. The van der Waals surface area contributed by atoms with Crippen LogP contribution in [-0.2, 0) is 4.74 Å². The third-order valence-corrected chi connectivity index (χ3v) is 6.24. The van der Waals surface area contributed by atoms with E-state index in [2.05, 4.69) is 4.90 Å². The highest BCUT2D eigenvalue weighted by Crippen LogP contribution is 2.35. The predicted molar refractivity (Wildman–Crippen MR) is 123 cm³/mol. The van der Waals surface area contributed by atoms with Gasteiger partial charge in [-0.15, -0.1) is 0 Å². The normalized spacial score (nSPS) is 14.4. The Bertz CT molecular complexity index is 1110. The zero-order chi connectivity index (χ0) is 22.5. The summed E-state index contributed by atoms with van der Waals surface area (Å²) in [6.07, 6.45) is 0. The number of carbonyl (C=O) groups is 1. The molecule has 0 radical (unpaired) electrons. The summed E-state index contributed by atoms with van der Waals surface area (Å²) < 4.78 is 12.0. The van der Waals surface area contributed by atoms with E-state index in [1.54, 1.807) is 11.0 Å². The van der Waals surface area contributed by atoms with Crippen LogP contribution in [-0.4, -0.2) is 66.7 Å². The number of nitrogens with zero attached hydrogens (tertiary/aromatic N) is 4. The molecule has 168 valence electrons. The smallest absolute Gasteiger partial charge is 0.270 e. The number of nitro groups is 1. The Labute approximate surface area is 189 Å². The second-order valence-corrected chi connectivity index (χ2v) is 8.26. The van der Waals surface area contributed by atoms with Crippen molar-refractivity contribution in [2.75, 3.05) is 50.9 Å². The highest BCUT2D eigenvalue weighted by atomic mass is 32.1. The first-order chi connectivity index (χ1) is 15.6. The second kappa shape index (κ2) is 10.0. The van der Waals surface area contributed by atoms with Crippen LogP contribution in [0.1, 0.15) is 17.3 Å². The maximum Gasteiger partial charge on any atom is 0.270 e. The molecule has 0 unspecified atom stereocenters. The molecule has 9 nitrogen and oxygen atoms in total. The predicted octanol–water partition coefficient (Wildman–Crippen LogP) is 3.58. The number of aromatic nitrogens is 1. The fourth-order valence-corrected chi connectivity index (χ4v) is 4.57. The van der Waals surface area contributed by atoms with Gasteiger partial charge >= 0.3 is 0 Å². The first-order valence-electron chi connectivity index (χ1n) is 10.5. The zero-order valence-electron chi connectivity index (χ0n) is 17.7. The summed E-state index contributed by atoms with van der Waals surface area (Å²) in [6, 6.07) is 11.5. The Kier molecular flexibility index (Phi) is 6.93. The molecule has 0 atom stereocenters. The standard InChI is InChI=1S/C22H24N4O5S/c1-2-31-18-7-4-8-19-20(18)23-22(32-19)25(10-9-24-11-13-30-14-12-24)21(27)16-5-3-6-17(15-16)26(28)29/h3-8,15H,2,9-14H2,1H3. The number of carbonyl (C=O) groups excluding carboxylic acids is 1. The number of nitro benzene ring substituents is 1. The second-order valence-electron chi connectivity index (χ2n) is 7.25. The number of rotatable bonds is 8. The molecule has 1 aliphatic rings. The van der Waals surface area contributed by atoms with Gasteiger partial charge in [0.25, 0.3) is 11.6 Å². The Morgan fingerprint density at radius 1 is 1.28 bits per heavy atom. The molecule has 10 heteroatoms. The van der Waals surface area contributed by atoms with Gasteiger partial charge in [-0.2, -0.15) is 0 Å². The number of anilines is 1. The maximum absolute atomic E-state index is 13.5. The van der Waals surface area contributed by atoms with Crippen LogP contribution >= 0.6 is 11.3 Å². The molecule has 1 aromatic heterocycles. The van der Waals surface area contributed by atoms with E-state index in [1.807, 2.05) is 25.1 Å². The van der Waals surface area contributed by atoms with Crippen molar-refractivity contribution in [3.05, 3.63) is 58.1 Å². The van der Waals surface area contributed by atoms with Crippen molar-refractivity contribution in [3.8, 4) is 5.75 Å². The third kappa shape index (κ3) is 4.87. The molecule has 0 bridgehead atoms. The van der Waals surface area contributed by atoms with Crippen molar-refractivity contribution in [2.24, 2.45) is 0 Å². The number of thiazole rings is 1. The van der Waals surface area contributed by atoms with Crippen molar-refractivity contribution in [1.82, 2.24) is 9.88 Å². The molecule has 4 rings (SSSR count). The number of amides is 1. The van der Waals surface area contributed by atoms with Crippen molar-refractivity contribution in [1.29, 1.82) is 0 Å². The van der Waals surface area contributed by atoms with E-state index in [9.17, 15) is 14.9 Å². The van der Waals surface area contributed by atoms with Crippen molar-refractivity contribution < 1.29 is 19.2 Å². The van der Waals surface area contributed by atoms with Crippen LogP contribution in [0.2, 0.25) is 0 Å². The van der Waals surface area contributed by atoms with Gasteiger partial charge in [-0.05, 0) is 25.1 Å². The summed E-state index contributed by atoms with van der Waals surface area (Å²) in [4.78, 5) is 32.7. The van der Waals surface area contributed by atoms with E-state index < -0.39 is 4.92 Å². The molecule has 1 amide bonds. The molecule has 1 saturated heterocycles. The molecule has 3 aromatic rings. The summed E-state index contributed by atoms with van der Waals surface area (Å²) in [7, 11) is 0. The molecule has 0 aliphatic carbocycles. The highest BCUT2D eigenvalue weighted by Gasteiger charge is 2.24. The molecule has 0 N–H and O–H groups in total. The van der Waals surface area contributed by atoms with Crippen LogP contribution < -0.4 is 9.64 Å². The Morgan fingerprint density at radius 3 is 2.81 bits per heavy atom. The molecule has 0 saturated carbocycles. The lowest BCUT2D eigenvalue weighted by molar-refractivity contribution is -0.384. The molecule has 32 heavy (non-hydrogen) atoms. The number of ether oxygens (including phenoxy) is 2. The lowest BCUT2D eigenvalue weighted by Crippen LogP contribution is -2.43. The topological polar surface area (TPSA) is 98.0 Å². The largest absolute Gasteiger partial charge is 0.492 e. The Balaban J connectivity index is 1.67. The SMILES string of the molecule is CCOc1cccc2sc(N(CCN3CCOCC3)C(=O)c3cccc([N+](=O)[O-])c3)nc12. The van der Waals surface area contributed by atoms with Crippen LogP contribution in [0.25, 0.3) is 10.2 Å². The number of fused-ring (bicyclic) bond motifs is 1. The van der Waals surface area contributed by atoms with Gasteiger partial charge in [0, 0.05) is 43.9 Å². The number of hydrogen-bond acceptors (Lipinski definition) is 8. The van der Waals surface area contributed by atoms with E-state index in [1.165, 1.54) is 29.5 Å². The van der Waals surface area contributed by atoms with Crippen LogP contribution in [0.5, 0.6) is 5.75 Å². The highest BCUT2D eigenvalue weighted by molar-refractivity contribution is 7.22. The minimum atomic E-state index is -0.499. The van der Waals surface area contributed by atoms with E-state index in [-0.39, 0.29) is 17.2 Å². The first-order valence-corrected chi connectivity index (χ1v) is 11.3. The molecule has 1 aliphatic heterocycles. The van der Waals surface area contributed by atoms with E-state index >= 15 is 0 Å². The van der Waals surface area contributed by atoms with Gasteiger partial charge in [-0.1, -0.05) is 23.5 Å². The molecule has 2 heterocycles.